The van der Waals surface area contributed by atoms with Gasteiger partial charge in [0.25, 0.3) is 0 Å². The molecular weight excluding hydrogens is 176 g/mol. The van der Waals surface area contributed by atoms with Crippen molar-refractivity contribution in [3.05, 3.63) is 23.3 Å². The van der Waals surface area contributed by atoms with Crippen molar-refractivity contribution in [2.45, 2.75) is 45.1 Å². The number of carbonyl (C=O) groups excluding carboxylic acids is 1. The molecule has 0 aromatic rings. The normalized spacial score (nSPS) is 25.2. The summed E-state index contributed by atoms with van der Waals surface area (Å²) in [5, 5.41) is 0. The maximum atomic E-state index is 11.5. The minimum atomic E-state index is -0.114. The first-order chi connectivity index (χ1) is 6.83. The molecule has 1 saturated heterocycles. The minimum Gasteiger partial charge on any atom is -0.454 e. The van der Waals surface area contributed by atoms with E-state index < -0.39 is 0 Å². The molecule has 0 aromatic carbocycles. The third-order valence-electron chi connectivity index (χ3n) is 2.83. The van der Waals surface area contributed by atoms with E-state index in [0.29, 0.717) is 0 Å². The van der Waals surface area contributed by atoms with Crippen molar-refractivity contribution in [1.82, 2.24) is 0 Å². The Morgan fingerprint density at radius 2 is 2.21 bits per heavy atom. The third kappa shape index (κ3) is 1.61. The molecule has 1 heterocycles. The number of fused-ring (bicyclic) bond motifs is 1. The molecule has 2 aliphatic rings. The Kier molecular flexibility index (Phi) is 2.71. The van der Waals surface area contributed by atoms with E-state index in [2.05, 4.69) is 13.0 Å². The number of unbranched alkanes of at least 4 members (excludes halogenated alkanes) is 1. The van der Waals surface area contributed by atoms with Crippen LogP contribution in [-0.2, 0) is 9.53 Å². The van der Waals surface area contributed by atoms with Crippen LogP contribution in [0, 0.1) is 0 Å². The van der Waals surface area contributed by atoms with E-state index in [0.717, 1.165) is 43.3 Å². The number of hydrogen-bond acceptors (Lipinski definition) is 2. The van der Waals surface area contributed by atoms with Gasteiger partial charge in [0.15, 0.2) is 0 Å². The summed E-state index contributed by atoms with van der Waals surface area (Å²) in [6.07, 6.45) is 9.53. The molecule has 0 spiro atoms. The van der Waals surface area contributed by atoms with Crippen LogP contribution in [0.3, 0.4) is 0 Å². The molecule has 2 nitrogen and oxygen atoms in total. The zero-order valence-electron chi connectivity index (χ0n) is 8.58. The molecule has 1 unspecified atom stereocenters. The fraction of sp³-hybridized carbons (Fsp3) is 0.583. The molecule has 0 amide bonds. The molecule has 1 fully saturated rings. The second kappa shape index (κ2) is 3.99. The average molecular weight is 192 g/mol. The maximum Gasteiger partial charge on any atom is 0.338 e. The lowest BCUT2D eigenvalue weighted by Gasteiger charge is -2.11. The fourth-order valence-corrected chi connectivity index (χ4v) is 2.06. The zero-order chi connectivity index (χ0) is 9.97. The molecule has 14 heavy (non-hydrogen) atoms. The lowest BCUT2D eigenvalue weighted by atomic mass is 9.94. The summed E-state index contributed by atoms with van der Waals surface area (Å²) in [6.45, 7) is 2.16. The predicted molar refractivity (Wildman–Crippen MR) is 54.8 cm³/mol. The highest BCUT2D eigenvalue weighted by atomic mass is 16.5. The van der Waals surface area contributed by atoms with Gasteiger partial charge in [0.05, 0.1) is 5.57 Å². The highest BCUT2D eigenvalue weighted by molar-refractivity contribution is 5.97. The second-order valence-electron chi connectivity index (χ2n) is 3.89. The van der Waals surface area contributed by atoms with Gasteiger partial charge in [-0.3, -0.25) is 0 Å². The summed E-state index contributed by atoms with van der Waals surface area (Å²) < 4.78 is 5.33. The summed E-state index contributed by atoms with van der Waals surface area (Å²) in [4.78, 5) is 11.5. The van der Waals surface area contributed by atoms with Gasteiger partial charge in [-0.2, -0.15) is 0 Å². The van der Waals surface area contributed by atoms with Crippen LogP contribution in [0.2, 0.25) is 0 Å². The molecule has 1 atom stereocenters. The molecule has 0 aromatic heterocycles. The van der Waals surface area contributed by atoms with Crippen LogP contribution in [0.25, 0.3) is 0 Å². The van der Waals surface area contributed by atoms with Crippen LogP contribution in [0.5, 0.6) is 0 Å². The van der Waals surface area contributed by atoms with Gasteiger partial charge in [0.1, 0.15) is 6.10 Å². The Bertz CT molecular complexity index is 299. The van der Waals surface area contributed by atoms with Gasteiger partial charge in [0.2, 0.25) is 0 Å². The van der Waals surface area contributed by atoms with Gasteiger partial charge in [-0.1, -0.05) is 25.5 Å². The monoisotopic (exact) mass is 192 g/mol. The van der Waals surface area contributed by atoms with E-state index in [9.17, 15) is 4.79 Å². The average Bonchev–Trinajstić information content (AvgIpc) is 2.54. The second-order valence-corrected chi connectivity index (χ2v) is 3.89. The molecule has 0 bridgehead atoms. The number of ether oxygens (including phenoxy) is 1. The van der Waals surface area contributed by atoms with Crippen LogP contribution in [-0.4, -0.2) is 12.1 Å². The first-order valence-corrected chi connectivity index (χ1v) is 5.44. The van der Waals surface area contributed by atoms with Crippen molar-refractivity contribution in [2.24, 2.45) is 0 Å². The number of cyclic esters (lactones) is 1. The van der Waals surface area contributed by atoms with E-state index >= 15 is 0 Å². The van der Waals surface area contributed by atoms with Crippen molar-refractivity contribution >= 4 is 5.97 Å². The molecule has 76 valence electrons. The lowest BCUT2D eigenvalue weighted by molar-refractivity contribution is -0.138. The van der Waals surface area contributed by atoms with E-state index in [1.807, 2.05) is 6.08 Å². The van der Waals surface area contributed by atoms with E-state index in [1.54, 1.807) is 0 Å². The molecule has 0 saturated carbocycles. The topological polar surface area (TPSA) is 26.3 Å². The highest BCUT2D eigenvalue weighted by Gasteiger charge is 2.34. The maximum absolute atomic E-state index is 11.5. The first kappa shape index (κ1) is 9.50. The summed E-state index contributed by atoms with van der Waals surface area (Å²) in [6, 6.07) is 0. The first-order valence-electron chi connectivity index (χ1n) is 5.44. The van der Waals surface area contributed by atoms with E-state index in [1.165, 1.54) is 0 Å². The summed E-state index contributed by atoms with van der Waals surface area (Å²) in [5.74, 6) is -0.114. The van der Waals surface area contributed by atoms with Gasteiger partial charge in [0, 0.05) is 5.57 Å². The lowest BCUT2D eigenvalue weighted by Crippen LogP contribution is -2.08. The zero-order valence-corrected chi connectivity index (χ0v) is 8.58. The molecular formula is C12H16O2. The van der Waals surface area contributed by atoms with Crippen LogP contribution in [0.4, 0.5) is 0 Å². The molecule has 0 radical (unpaired) electrons. The van der Waals surface area contributed by atoms with Crippen LogP contribution in [0.1, 0.15) is 39.0 Å². The van der Waals surface area contributed by atoms with Gasteiger partial charge in [-0.05, 0) is 25.7 Å². The van der Waals surface area contributed by atoms with Gasteiger partial charge in [-0.15, -0.1) is 0 Å². The Labute approximate surface area is 84.6 Å². The summed E-state index contributed by atoms with van der Waals surface area (Å²) >= 11 is 0. The van der Waals surface area contributed by atoms with Gasteiger partial charge in [-0.25, -0.2) is 4.79 Å². The molecule has 1 aliphatic carbocycles. The van der Waals surface area contributed by atoms with Crippen molar-refractivity contribution < 1.29 is 9.53 Å². The Morgan fingerprint density at radius 1 is 1.43 bits per heavy atom. The van der Waals surface area contributed by atoms with Crippen molar-refractivity contribution in [3.63, 3.8) is 0 Å². The van der Waals surface area contributed by atoms with Crippen LogP contribution < -0.4 is 0 Å². The molecule has 1 aliphatic heterocycles. The number of hydrogen-bond donors (Lipinski definition) is 0. The molecule has 2 rings (SSSR count). The van der Waals surface area contributed by atoms with Crippen LogP contribution >= 0.6 is 0 Å². The quantitative estimate of drug-likeness (QED) is 0.643. The Balaban J connectivity index is 2.11. The van der Waals surface area contributed by atoms with Crippen molar-refractivity contribution in [3.8, 4) is 0 Å². The largest absolute Gasteiger partial charge is 0.454 e. The van der Waals surface area contributed by atoms with E-state index in [-0.39, 0.29) is 12.1 Å². The number of rotatable bonds is 3. The van der Waals surface area contributed by atoms with Crippen molar-refractivity contribution in [2.75, 3.05) is 0 Å². The highest BCUT2D eigenvalue weighted by Crippen LogP contribution is 2.33. The third-order valence-corrected chi connectivity index (χ3v) is 2.83. The number of esters is 1. The molecule has 2 heteroatoms. The Hall–Kier alpha value is -1.05. The van der Waals surface area contributed by atoms with Gasteiger partial charge >= 0.3 is 5.97 Å². The smallest absolute Gasteiger partial charge is 0.338 e. The summed E-state index contributed by atoms with van der Waals surface area (Å²) in [7, 11) is 0. The standard InChI is InChI=1S/C12H16O2/c1-2-3-8-11-9-6-4-5-7-10(9)12(13)14-11/h6-7,11H,2-5,8H2,1H3. The SMILES string of the molecule is CCCCC1OC(=O)C2=CCCC=C21. The van der Waals surface area contributed by atoms with Crippen molar-refractivity contribution in [1.29, 1.82) is 0 Å². The van der Waals surface area contributed by atoms with E-state index in [4.69, 9.17) is 4.74 Å². The number of allylic oxidation sites excluding steroid dienone is 2. The number of carbonyl (C=O) groups is 1. The summed E-state index contributed by atoms with van der Waals surface area (Å²) in [5.41, 5.74) is 1.98. The van der Waals surface area contributed by atoms with Crippen LogP contribution in [0.15, 0.2) is 23.3 Å². The Morgan fingerprint density at radius 3 is 3.00 bits per heavy atom. The minimum absolute atomic E-state index is 0.0500. The molecule has 0 N–H and O–H groups in total. The fourth-order valence-electron chi connectivity index (χ4n) is 2.06. The predicted octanol–water partition coefficient (Wildman–Crippen LogP) is 2.75. The van der Waals surface area contributed by atoms with Gasteiger partial charge < -0.3 is 4.74 Å².